The first kappa shape index (κ1) is 13.2. The summed E-state index contributed by atoms with van der Waals surface area (Å²) < 4.78 is 4.80. The monoisotopic (exact) mass is 236 g/mol. The fourth-order valence-electron chi connectivity index (χ4n) is 1.41. The van der Waals surface area contributed by atoms with Crippen LogP contribution in [0.15, 0.2) is 4.52 Å². The van der Waals surface area contributed by atoms with Gasteiger partial charge in [0.15, 0.2) is 5.82 Å². The minimum Gasteiger partial charge on any atom is -0.355 e. The molecule has 0 saturated heterocycles. The Bertz CT molecular complexity index is 408. The molecule has 0 aliphatic heterocycles. The van der Waals surface area contributed by atoms with Crippen molar-refractivity contribution >= 4 is 5.91 Å². The standard InChI is InChI=1S/C11H16N4O2/c1-3-4-9(7-12)11(16)13-6-5-10-14-8(2)17-15-10/h9H,3-6H2,1-2H3,(H,13,16). The van der Waals surface area contributed by atoms with Crippen LogP contribution in [0.1, 0.15) is 31.5 Å². The maximum absolute atomic E-state index is 11.6. The van der Waals surface area contributed by atoms with Crippen LogP contribution in [0.2, 0.25) is 0 Å². The fourth-order valence-corrected chi connectivity index (χ4v) is 1.41. The Hall–Kier alpha value is -1.90. The summed E-state index contributed by atoms with van der Waals surface area (Å²) in [6, 6.07) is 1.99. The van der Waals surface area contributed by atoms with Crippen molar-refractivity contribution in [2.45, 2.75) is 33.1 Å². The number of aryl methyl sites for hydroxylation is 1. The van der Waals surface area contributed by atoms with Crippen LogP contribution in [-0.4, -0.2) is 22.6 Å². The minimum absolute atomic E-state index is 0.227. The number of amides is 1. The van der Waals surface area contributed by atoms with Crippen molar-refractivity contribution in [3.8, 4) is 6.07 Å². The van der Waals surface area contributed by atoms with Gasteiger partial charge in [0, 0.05) is 19.9 Å². The van der Waals surface area contributed by atoms with E-state index in [0.29, 0.717) is 31.1 Å². The van der Waals surface area contributed by atoms with Gasteiger partial charge in [0.1, 0.15) is 5.92 Å². The molecule has 0 fully saturated rings. The molecule has 6 nitrogen and oxygen atoms in total. The first-order valence-electron chi connectivity index (χ1n) is 5.64. The van der Waals surface area contributed by atoms with Gasteiger partial charge in [-0.3, -0.25) is 4.79 Å². The predicted molar refractivity (Wildman–Crippen MR) is 59.8 cm³/mol. The van der Waals surface area contributed by atoms with E-state index >= 15 is 0 Å². The molecule has 1 N–H and O–H groups in total. The number of nitrogens with zero attached hydrogens (tertiary/aromatic N) is 3. The van der Waals surface area contributed by atoms with E-state index < -0.39 is 5.92 Å². The normalized spacial score (nSPS) is 11.8. The van der Waals surface area contributed by atoms with Gasteiger partial charge in [0.05, 0.1) is 6.07 Å². The van der Waals surface area contributed by atoms with Crippen molar-refractivity contribution in [3.05, 3.63) is 11.7 Å². The molecular weight excluding hydrogens is 220 g/mol. The zero-order valence-electron chi connectivity index (χ0n) is 10.1. The number of aromatic nitrogens is 2. The molecule has 6 heteroatoms. The summed E-state index contributed by atoms with van der Waals surface area (Å²) in [4.78, 5) is 15.6. The van der Waals surface area contributed by atoms with Crippen LogP contribution < -0.4 is 5.32 Å². The number of carbonyl (C=O) groups is 1. The molecule has 0 spiro atoms. The molecule has 92 valence electrons. The maximum Gasteiger partial charge on any atom is 0.237 e. The molecule has 1 unspecified atom stereocenters. The molecule has 1 heterocycles. The summed E-state index contributed by atoms with van der Waals surface area (Å²) >= 11 is 0. The highest BCUT2D eigenvalue weighted by atomic mass is 16.5. The summed E-state index contributed by atoms with van der Waals surface area (Å²) in [6.45, 7) is 4.07. The molecule has 0 aliphatic rings. The molecule has 0 bridgehead atoms. The molecular formula is C11H16N4O2. The van der Waals surface area contributed by atoms with Crippen LogP contribution in [0.4, 0.5) is 0 Å². The van der Waals surface area contributed by atoms with E-state index in [9.17, 15) is 4.79 Å². The number of hydrogen-bond donors (Lipinski definition) is 1. The zero-order valence-corrected chi connectivity index (χ0v) is 10.1. The largest absolute Gasteiger partial charge is 0.355 e. The van der Waals surface area contributed by atoms with Gasteiger partial charge >= 0.3 is 0 Å². The van der Waals surface area contributed by atoms with Crippen molar-refractivity contribution in [1.29, 1.82) is 5.26 Å². The molecule has 1 aromatic rings. The second-order valence-electron chi connectivity index (χ2n) is 3.74. The van der Waals surface area contributed by atoms with Crippen LogP contribution in [0.5, 0.6) is 0 Å². The van der Waals surface area contributed by atoms with Gasteiger partial charge in [-0.2, -0.15) is 10.2 Å². The second kappa shape index (κ2) is 6.63. The number of nitriles is 1. The van der Waals surface area contributed by atoms with Gasteiger partial charge in [-0.05, 0) is 6.42 Å². The Morgan fingerprint density at radius 3 is 2.94 bits per heavy atom. The lowest BCUT2D eigenvalue weighted by atomic mass is 10.1. The SMILES string of the molecule is CCCC(C#N)C(=O)NCCc1noc(C)n1. The third-order valence-electron chi connectivity index (χ3n) is 2.27. The minimum atomic E-state index is -0.563. The van der Waals surface area contributed by atoms with Gasteiger partial charge in [-0.15, -0.1) is 0 Å². The molecule has 17 heavy (non-hydrogen) atoms. The Labute approximate surface area is 100 Å². The molecule has 1 aromatic heterocycles. The van der Waals surface area contributed by atoms with E-state index in [0.717, 1.165) is 6.42 Å². The number of nitrogens with one attached hydrogen (secondary N) is 1. The van der Waals surface area contributed by atoms with Crippen LogP contribution in [-0.2, 0) is 11.2 Å². The van der Waals surface area contributed by atoms with E-state index in [-0.39, 0.29) is 5.91 Å². The number of hydrogen-bond acceptors (Lipinski definition) is 5. The van der Waals surface area contributed by atoms with Crippen LogP contribution >= 0.6 is 0 Å². The second-order valence-corrected chi connectivity index (χ2v) is 3.74. The van der Waals surface area contributed by atoms with E-state index in [1.165, 1.54) is 0 Å². The summed E-state index contributed by atoms with van der Waals surface area (Å²) in [5.41, 5.74) is 0. The molecule has 0 aromatic carbocycles. The van der Waals surface area contributed by atoms with E-state index in [1.807, 2.05) is 13.0 Å². The van der Waals surface area contributed by atoms with Crippen molar-refractivity contribution in [2.24, 2.45) is 5.92 Å². The van der Waals surface area contributed by atoms with E-state index in [4.69, 9.17) is 9.78 Å². The summed E-state index contributed by atoms with van der Waals surface area (Å²) in [5, 5.41) is 15.2. The van der Waals surface area contributed by atoms with Gasteiger partial charge < -0.3 is 9.84 Å². The average molecular weight is 236 g/mol. The fraction of sp³-hybridized carbons (Fsp3) is 0.636. The van der Waals surface area contributed by atoms with Gasteiger partial charge in [0.2, 0.25) is 11.8 Å². The quantitative estimate of drug-likeness (QED) is 0.794. The first-order valence-corrected chi connectivity index (χ1v) is 5.64. The smallest absolute Gasteiger partial charge is 0.237 e. The highest BCUT2D eigenvalue weighted by Gasteiger charge is 2.16. The van der Waals surface area contributed by atoms with Gasteiger partial charge in [0.25, 0.3) is 0 Å². The summed E-state index contributed by atoms with van der Waals surface area (Å²) in [7, 11) is 0. The van der Waals surface area contributed by atoms with Crippen LogP contribution in [0.3, 0.4) is 0 Å². The third kappa shape index (κ3) is 4.23. The van der Waals surface area contributed by atoms with Gasteiger partial charge in [-0.25, -0.2) is 0 Å². The Morgan fingerprint density at radius 1 is 1.65 bits per heavy atom. The Kier molecular flexibility index (Phi) is 5.14. The van der Waals surface area contributed by atoms with Crippen molar-refractivity contribution < 1.29 is 9.32 Å². The molecule has 1 rings (SSSR count). The van der Waals surface area contributed by atoms with Crippen LogP contribution in [0, 0.1) is 24.2 Å². The lowest BCUT2D eigenvalue weighted by Crippen LogP contribution is -2.31. The Morgan fingerprint density at radius 2 is 2.41 bits per heavy atom. The molecule has 1 atom stereocenters. The number of rotatable bonds is 6. The average Bonchev–Trinajstić information content (AvgIpc) is 2.71. The number of carbonyl (C=O) groups excluding carboxylic acids is 1. The lowest BCUT2D eigenvalue weighted by molar-refractivity contribution is -0.123. The van der Waals surface area contributed by atoms with E-state index in [2.05, 4.69) is 15.5 Å². The summed E-state index contributed by atoms with van der Waals surface area (Å²) in [6.07, 6.45) is 1.91. The maximum atomic E-state index is 11.6. The summed E-state index contributed by atoms with van der Waals surface area (Å²) in [5.74, 6) is 0.278. The zero-order chi connectivity index (χ0) is 12.7. The first-order chi connectivity index (χ1) is 8.17. The molecule has 0 radical (unpaired) electrons. The molecule has 0 saturated carbocycles. The lowest BCUT2D eigenvalue weighted by Gasteiger charge is -2.07. The molecule has 0 aliphatic carbocycles. The van der Waals surface area contributed by atoms with Crippen molar-refractivity contribution in [2.75, 3.05) is 6.54 Å². The van der Waals surface area contributed by atoms with Crippen molar-refractivity contribution in [1.82, 2.24) is 15.5 Å². The topological polar surface area (TPSA) is 91.8 Å². The predicted octanol–water partition coefficient (Wildman–Crippen LogP) is 0.977. The van der Waals surface area contributed by atoms with Crippen molar-refractivity contribution in [3.63, 3.8) is 0 Å². The Balaban J connectivity index is 2.31. The highest BCUT2D eigenvalue weighted by Crippen LogP contribution is 2.04. The van der Waals surface area contributed by atoms with E-state index in [1.54, 1.807) is 6.92 Å². The highest BCUT2D eigenvalue weighted by molar-refractivity contribution is 5.80. The molecule has 1 amide bonds. The third-order valence-corrected chi connectivity index (χ3v) is 2.27. The van der Waals surface area contributed by atoms with Gasteiger partial charge in [-0.1, -0.05) is 18.5 Å². The van der Waals surface area contributed by atoms with Crippen LogP contribution in [0.25, 0.3) is 0 Å².